The lowest BCUT2D eigenvalue weighted by Crippen LogP contribution is -2.44. The van der Waals surface area contributed by atoms with E-state index in [-0.39, 0.29) is 12.6 Å². The predicted octanol–water partition coefficient (Wildman–Crippen LogP) is 5.98. The zero-order chi connectivity index (χ0) is 32.3. The van der Waals surface area contributed by atoms with Crippen molar-refractivity contribution >= 4 is 17.6 Å². The number of carbonyl (C=O) groups excluding carboxylic acids is 1. The highest BCUT2D eigenvalue weighted by Gasteiger charge is 2.26. The molecule has 46 heavy (non-hydrogen) atoms. The number of ether oxygens (including phenoxy) is 3. The van der Waals surface area contributed by atoms with Gasteiger partial charge in [0.05, 0.1) is 26.3 Å². The second-order valence-electron chi connectivity index (χ2n) is 11.6. The minimum atomic E-state index is -0.531. The van der Waals surface area contributed by atoms with Crippen LogP contribution >= 0.6 is 0 Å². The first-order valence-corrected chi connectivity index (χ1v) is 15.8. The van der Waals surface area contributed by atoms with E-state index in [4.69, 9.17) is 14.2 Å². The molecule has 0 saturated carbocycles. The Hall–Kier alpha value is -4.67. The number of piperazine rings is 1. The van der Waals surface area contributed by atoms with Crippen LogP contribution in [0.1, 0.15) is 29.2 Å². The monoisotopic (exact) mass is 624 g/mol. The van der Waals surface area contributed by atoms with Crippen LogP contribution in [-0.2, 0) is 0 Å². The molecule has 5 rings (SSSR count). The van der Waals surface area contributed by atoms with E-state index in [1.54, 1.807) is 19.4 Å². The minimum Gasteiger partial charge on any atom is -0.493 e. The number of hydrogen-bond donors (Lipinski definition) is 1. The lowest BCUT2D eigenvalue weighted by molar-refractivity contribution is 0.145. The lowest BCUT2D eigenvalue weighted by atomic mass is 10.1. The van der Waals surface area contributed by atoms with E-state index in [1.807, 2.05) is 80.6 Å². The summed E-state index contributed by atoms with van der Waals surface area (Å²) in [6, 6.07) is 23.0. The average Bonchev–Trinajstić information content (AvgIpc) is 3.08. The molecule has 10 heteroatoms. The highest BCUT2D eigenvalue weighted by atomic mass is 16.6. The molecule has 1 N–H and O–H groups in total. The molecule has 0 spiro atoms. The Morgan fingerprint density at radius 2 is 1.72 bits per heavy atom. The Balaban J connectivity index is 1.32. The lowest BCUT2D eigenvalue weighted by Gasteiger charge is -2.32. The summed E-state index contributed by atoms with van der Waals surface area (Å²) in [4.78, 5) is 28.6. The summed E-state index contributed by atoms with van der Waals surface area (Å²) in [7, 11) is 3.81. The Kier molecular flexibility index (Phi) is 11.4. The summed E-state index contributed by atoms with van der Waals surface area (Å²) >= 11 is 0. The van der Waals surface area contributed by atoms with Crippen LogP contribution in [0.3, 0.4) is 0 Å². The largest absolute Gasteiger partial charge is 0.493 e. The van der Waals surface area contributed by atoms with Gasteiger partial charge in [0.2, 0.25) is 0 Å². The van der Waals surface area contributed by atoms with Crippen molar-refractivity contribution in [3.8, 4) is 17.2 Å². The first kappa shape index (κ1) is 32.7. The summed E-state index contributed by atoms with van der Waals surface area (Å²) in [5.74, 6) is 2.31. The molecule has 242 valence electrons. The maximum absolute atomic E-state index is 13.8. The van der Waals surface area contributed by atoms with Crippen molar-refractivity contribution in [1.29, 1.82) is 0 Å². The van der Waals surface area contributed by atoms with Crippen molar-refractivity contribution in [1.82, 2.24) is 19.8 Å². The zero-order valence-corrected chi connectivity index (χ0v) is 27.2. The number of likely N-dealkylation sites (N-methyl/N-ethyl adjacent to an activating group) is 1. The molecule has 1 saturated heterocycles. The Morgan fingerprint density at radius 3 is 2.41 bits per heavy atom. The number of benzene rings is 3. The van der Waals surface area contributed by atoms with Gasteiger partial charge in [-0.25, -0.2) is 14.8 Å². The van der Waals surface area contributed by atoms with E-state index in [2.05, 4.69) is 32.1 Å². The van der Waals surface area contributed by atoms with Crippen LogP contribution in [0, 0.1) is 13.8 Å². The van der Waals surface area contributed by atoms with Gasteiger partial charge in [-0.15, -0.1) is 0 Å². The molecule has 1 aliphatic heterocycles. The van der Waals surface area contributed by atoms with Gasteiger partial charge in [0.1, 0.15) is 17.9 Å². The number of aryl methyl sites for hydroxylation is 2. The second kappa shape index (κ2) is 16.1. The number of carbonyl (C=O) groups is 1. The van der Waals surface area contributed by atoms with E-state index in [1.165, 1.54) is 11.2 Å². The molecule has 1 aromatic heterocycles. The van der Waals surface area contributed by atoms with Crippen molar-refractivity contribution < 1.29 is 19.0 Å². The Morgan fingerprint density at radius 1 is 0.957 bits per heavy atom. The van der Waals surface area contributed by atoms with Crippen molar-refractivity contribution in [2.24, 2.45) is 0 Å². The van der Waals surface area contributed by atoms with Gasteiger partial charge in [-0.3, -0.25) is 4.90 Å². The maximum Gasteiger partial charge on any atom is 0.421 e. The molecular formula is C36H44N6O4. The molecule has 0 radical (unpaired) electrons. The Bertz CT molecular complexity index is 1530. The van der Waals surface area contributed by atoms with Gasteiger partial charge in [-0.05, 0) is 62.2 Å². The van der Waals surface area contributed by atoms with Crippen molar-refractivity contribution in [2.75, 3.05) is 70.2 Å². The smallest absolute Gasteiger partial charge is 0.421 e. The fourth-order valence-electron chi connectivity index (χ4n) is 5.53. The highest BCUT2D eigenvalue weighted by Crippen LogP contribution is 2.33. The van der Waals surface area contributed by atoms with Crippen LogP contribution in [0.4, 0.5) is 16.3 Å². The van der Waals surface area contributed by atoms with Crippen molar-refractivity contribution in [3.63, 3.8) is 0 Å². The first-order valence-electron chi connectivity index (χ1n) is 15.8. The standard InChI is InChI=1S/C36H44N6O4/c1-27-10-8-11-28(2)35(27)46-36(43)42(34-16-17-37-26-38-34)25-31(29-12-6-5-7-13-29)39-30-14-15-32(33(24-30)44-4)45-23-9-18-41-21-19-40(3)20-22-41/h5-8,10-17,24,26,31,39H,9,18-23,25H2,1-4H3. The predicted molar refractivity (Wildman–Crippen MR) is 181 cm³/mol. The van der Waals surface area contributed by atoms with Gasteiger partial charge in [-0.1, -0.05) is 48.5 Å². The highest BCUT2D eigenvalue weighted by molar-refractivity contribution is 5.88. The van der Waals surface area contributed by atoms with E-state index < -0.39 is 6.09 Å². The minimum absolute atomic E-state index is 0.234. The van der Waals surface area contributed by atoms with Crippen LogP contribution in [0.2, 0.25) is 0 Å². The van der Waals surface area contributed by atoms with Crippen LogP contribution in [0.5, 0.6) is 17.2 Å². The third kappa shape index (κ3) is 8.74. The molecule has 0 aliphatic carbocycles. The summed E-state index contributed by atoms with van der Waals surface area (Å²) in [6.07, 6.45) is 3.45. The molecule has 10 nitrogen and oxygen atoms in total. The zero-order valence-electron chi connectivity index (χ0n) is 27.2. The number of para-hydroxylation sites is 1. The van der Waals surface area contributed by atoms with E-state index in [0.717, 1.165) is 61.5 Å². The van der Waals surface area contributed by atoms with Crippen LogP contribution in [-0.4, -0.2) is 85.9 Å². The van der Waals surface area contributed by atoms with Gasteiger partial charge >= 0.3 is 6.09 Å². The number of rotatable bonds is 13. The van der Waals surface area contributed by atoms with E-state index in [9.17, 15) is 4.79 Å². The van der Waals surface area contributed by atoms with Crippen LogP contribution in [0.15, 0.2) is 85.3 Å². The fourth-order valence-corrected chi connectivity index (χ4v) is 5.53. The Labute approximate surface area is 271 Å². The van der Waals surface area contributed by atoms with E-state index in [0.29, 0.717) is 29.7 Å². The average molecular weight is 625 g/mol. The first-order chi connectivity index (χ1) is 22.4. The molecule has 1 atom stereocenters. The summed E-state index contributed by atoms with van der Waals surface area (Å²) in [5, 5.41) is 3.61. The number of methoxy groups -OCH3 is 1. The normalized spacial score (nSPS) is 14.3. The molecule has 4 aromatic rings. The van der Waals surface area contributed by atoms with E-state index >= 15 is 0 Å². The van der Waals surface area contributed by atoms with Crippen LogP contribution < -0.4 is 24.4 Å². The summed E-state index contributed by atoms with van der Waals surface area (Å²) in [5.41, 5.74) is 3.57. The van der Waals surface area contributed by atoms with Gasteiger partial charge < -0.3 is 29.3 Å². The molecule has 0 bridgehead atoms. The van der Waals surface area contributed by atoms with Crippen molar-refractivity contribution in [2.45, 2.75) is 26.3 Å². The molecule has 3 aromatic carbocycles. The SMILES string of the molecule is COc1cc(NC(CN(C(=O)Oc2c(C)cccc2C)c2ccncn2)c2ccccc2)ccc1OCCCN1CCN(C)CC1. The third-order valence-corrected chi connectivity index (χ3v) is 8.21. The quantitative estimate of drug-likeness (QED) is 0.181. The topological polar surface area (TPSA) is 92.3 Å². The summed E-state index contributed by atoms with van der Waals surface area (Å²) in [6.45, 7) is 10.1. The number of anilines is 2. The van der Waals surface area contributed by atoms with Gasteiger partial charge in [0.15, 0.2) is 11.5 Å². The fraction of sp³-hybridized carbons (Fsp3) is 0.361. The van der Waals surface area contributed by atoms with Gasteiger partial charge in [0.25, 0.3) is 0 Å². The van der Waals surface area contributed by atoms with Gasteiger partial charge in [-0.2, -0.15) is 0 Å². The number of nitrogens with one attached hydrogen (secondary N) is 1. The molecule has 1 amide bonds. The second-order valence-corrected chi connectivity index (χ2v) is 11.6. The molecule has 2 heterocycles. The maximum atomic E-state index is 13.8. The molecule has 1 aliphatic rings. The number of amides is 1. The molecular weight excluding hydrogens is 580 g/mol. The van der Waals surface area contributed by atoms with Crippen LogP contribution in [0.25, 0.3) is 0 Å². The molecule has 1 fully saturated rings. The van der Waals surface area contributed by atoms with Crippen molar-refractivity contribution in [3.05, 3.63) is 102 Å². The summed E-state index contributed by atoms with van der Waals surface area (Å²) < 4.78 is 17.8. The number of aromatic nitrogens is 2. The number of nitrogens with zero attached hydrogens (tertiary/aromatic N) is 5. The molecule has 1 unspecified atom stereocenters. The third-order valence-electron chi connectivity index (χ3n) is 8.21. The number of hydrogen-bond acceptors (Lipinski definition) is 9. The van der Waals surface area contributed by atoms with Gasteiger partial charge in [0, 0.05) is 50.7 Å².